The molecule has 3 aliphatic carbocycles. The molecule has 0 radical (unpaired) electrons. The van der Waals surface area contributed by atoms with E-state index in [-0.39, 0.29) is 30.8 Å². The van der Waals surface area contributed by atoms with Gasteiger partial charge in [-0.2, -0.15) is 0 Å². The van der Waals surface area contributed by atoms with Gasteiger partial charge in [0.15, 0.2) is 0 Å². The molecular weight excluding hydrogens is 420 g/mol. The van der Waals surface area contributed by atoms with Gasteiger partial charge in [0, 0.05) is 12.3 Å². The molecule has 2 amide bonds. The van der Waals surface area contributed by atoms with E-state index in [1.54, 1.807) is 0 Å². The molecule has 2 aromatic rings. The van der Waals surface area contributed by atoms with E-state index < -0.39 is 23.6 Å². The Morgan fingerprint density at radius 1 is 1.00 bits per heavy atom. The highest BCUT2D eigenvalue weighted by molar-refractivity contribution is 5.85. The van der Waals surface area contributed by atoms with Crippen LogP contribution in [0.4, 0.5) is 4.79 Å². The molecule has 3 aliphatic rings. The molecule has 2 aromatic carbocycles. The van der Waals surface area contributed by atoms with Gasteiger partial charge in [0.25, 0.3) is 0 Å². The maximum atomic E-state index is 12.6. The van der Waals surface area contributed by atoms with E-state index in [2.05, 4.69) is 34.9 Å². The lowest BCUT2D eigenvalue weighted by Gasteiger charge is -2.31. The van der Waals surface area contributed by atoms with Crippen LogP contribution in [0.3, 0.4) is 0 Å². The molecule has 0 saturated heterocycles. The van der Waals surface area contributed by atoms with Gasteiger partial charge in [-0.15, -0.1) is 0 Å². The summed E-state index contributed by atoms with van der Waals surface area (Å²) in [5.41, 5.74) is 3.97. The van der Waals surface area contributed by atoms with Crippen molar-refractivity contribution < 1.29 is 24.2 Å². The fraction of sp³-hybridized carbons (Fsp3) is 0.423. The summed E-state index contributed by atoms with van der Waals surface area (Å²) in [4.78, 5) is 36.6. The third kappa shape index (κ3) is 4.32. The van der Waals surface area contributed by atoms with Crippen molar-refractivity contribution in [3.63, 3.8) is 0 Å². The predicted octanol–water partition coefficient (Wildman–Crippen LogP) is 3.82. The summed E-state index contributed by atoms with van der Waals surface area (Å²) in [6, 6.07) is 15.4. The molecule has 1 atom stereocenters. The summed E-state index contributed by atoms with van der Waals surface area (Å²) in [6.45, 7) is 0.213. The highest BCUT2D eigenvalue weighted by Gasteiger charge is 2.47. The van der Waals surface area contributed by atoms with Crippen molar-refractivity contribution >= 4 is 18.0 Å². The number of carbonyl (C=O) groups excluding carboxylic acids is 2. The van der Waals surface area contributed by atoms with E-state index in [1.165, 1.54) is 0 Å². The number of alkyl carbamates (subject to hydrolysis) is 1. The Hall–Kier alpha value is -3.35. The molecule has 1 unspecified atom stereocenters. The second kappa shape index (κ2) is 8.54. The van der Waals surface area contributed by atoms with Gasteiger partial charge >= 0.3 is 12.1 Å². The van der Waals surface area contributed by atoms with Gasteiger partial charge in [-0.25, -0.2) is 9.59 Å². The van der Waals surface area contributed by atoms with Crippen LogP contribution in [0.5, 0.6) is 0 Å². The number of rotatable bonds is 8. The van der Waals surface area contributed by atoms with E-state index in [4.69, 9.17) is 4.74 Å². The average Bonchev–Trinajstić information content (AvgIpc) is 3.42. The van der Waals surface area contributed by atoms with Crippen LogP contribution < -0.4 is 10.6 Å². The Balaban J connectivity index is 1.17. The second-order valence-electron chi connectivity index (χ2n) is 9.48. The summed E-state index contributed by atoms with van der Waals surface area (Å²) in [6.07, 6.45) is 3.50. The van der Waals surface area contributed by atoms with E-state index in [9.17, 15) is 19.5 Å². The SMILES string of the molecule is O=C(CC1(NC(=O)OCC2c3ccccc3-c3ccccc32)CC1)NC(C(=O)O)C1CCC1. The van der Waals surface area contributed by atoms with Gasteiger partial charge in [0.2, 0.25) is 5.91 Å². The minimum atomic E-state index is -0.998. The van der Waals surface area contributed by atoms with Crippen molar-refractivity contribution in [2.24, 2.45) is 5.92 Å². The van der Waals surface area contributed by atoms with E-state index in [1.807, 2.05) is 24.3 Å². The van der Waals surface area contributed by atoms with Gasteiger partial charge in [-0.3, -0.25) is 4.79 Å². The lowest BCUT2D eigenvalue weighted by molar-refractivity contribution is -0.144. The summed E-state index contributed by atoms with van der Waals surface area (Å²) in [7, 11) is 0. The lowest BCUT2D eigenvalue weighted by Crippen LogP contribution is -2.50. The van der Waals surface area contributed by atoms with Crippen LogP contribution in [0.2, 0.25) is 0 Å². The third-order valence-corrected chi connectivity index (χ3v) is 7.27. The Labute approximate surface area is 192 Å². The fourth-order valence-corrected chi connectivity index (χ4v) is 5.03. The largest absolute Gasteiger partial charge is 0.480 e. The number of nitrogens with one attached hydrogen (secondary N) is 2. The summed E-state index contributed by atoms with van der Waals surface area (Å²) < 4.78 is 5.61. The first-order chi connectivity index (χ1) is 16.0. The van der Waals surface area contributed by atoms with Gasteiger partial charge in [-0.05, 0) is 53.9 Å². The number of amides is 2. The molecule has 0 aliphatic heterocycles. The van der Waals surface area contributed by atoms with Crippen LogP contribution in [0.25, 0.3) is 11.1 Å². The minimum Gasteiger partial charge on any atom is -0.480 e. The van der Waals surface area contributed by atoms with Crippen molar-refractivity contribution in [1.29, 1.82) is 0 Å². The third-order valence-electron chi connectivity index (χ3n) is 7.27. The number of carboxylic acid groups (broad SMARTS) is 1. The number of benzene rings is 2. The van der Waals surface area contributed by atoms with Crippen molar-refractivity contribution in [3.05, 3.63) is 59.7 Å². The Morgan fingerprint density at radius 3 is 2.12 bits per heavy atom. The molecule has 0 spiro atoms. The number of fused-ring (bicyclic) bond motifs is 3. The van der Waals surface area contributed by atoms with Crippen LogP contribution in [0.15, 0.2) is 48.5 Å². The number of hydrogen-bond donors (Lipinski definition) is 3. The normalized spacial score (nSPS) is 18.9. The maximum absolute atomic E-state index is 12.6. The van der Waals surface area contributed by atoms with Crippen LogP contribution in [-0.2, 0) is 14.3 Å². The Bertz CT molecular complexity index is 1040. The molecule has 0 bridgehead atoms. The topological polar surface area (TPSA) is 105 Å². The molecule has 3 N–H and O–H groups in total. The molecule has 7 heteroatoms. The van der Waals surface area contributed by atoms with Gasteiger partial charge in [-0.1, -0.05) is 55.0 Å². The van der Waals surface area contributed by atoms with Crippen LogP contribution in [-0.4, -0.2) is 41.3 Å². The summed E-state index contributed by atoms with van der Waals surface area (Å²) >= 11 is 0. The molecule has 7 nitrogen and oxygen atoms in total. The zero-order valence-corrected chi connectivity index (χ0v) is 18.4. The molecule has 0 heterocycles. The molecule has 33 heavy (non-hydrogen) atoms. The standard InChI is InChI=1S/C26H28N2O5/c29-22(27-23(24(30)31)16-6-5-7-16)14-26(12-13-26)28-25(32)33-15-21-19-10-3-1-8-17(19)18-9-2-4-11-20(18)21/h1-4,8-11,16,21,23H,5-7,12-15H2,(H,27,29)(H,28,32)(H,30,31). The minimum absolute atomic E-state index is 0.00306. The number of carbonyl (C=O) groups is 3. The average molecular weight is 449 g/mol. The van der Waals surface area contributed by atoms with Crippen molar-refractivity contribution in [3.8, 4) is 11.1 Å². The first-order valence-corrected chi connectivity index (χ1v) is 11.6. The monoisotopic (exact) mass is 448 g/mol. The zero-order valence-electron chi connectivity index (χ0n) is 18.4. The first-order valence-electron chi connectivity index (χ1n) is 11.6. The van der Waals surface area contributed by atoms with E-state index >= 15 is 0 Å². The Kier molecular flexibility index (Phi) is 5.56. The summed E-state index contributed by atoms with van der Waals surface area (Å²) in [5.74, 6) is -1.37. The van der Waals surface area contributed by atoms with Crippen molar-refractivity contribution in [2.75, 3.05) is 6.61 Å². The van der Waals surface area contributed by atoms with E-state index in [0.29, 0.717) is 12.8 Å². The van der Waals surface area contributed by atoms with Crippen LogP contribution >= 0.6 is 0 Å². The molecular formula is C26H28N2O5. The number of ether oxygens (including phenoxy) is 1. The molecule has 2 saturated carbocycles. The van der Waals surface area contributed by atoms with Crippen LogP contribution in [0, 0.1) is 5.92 Å². The second-order valence-corrected chi connectivity index (χ2v) is 9.48. The van der Waals surface area contributed by atoms with E-state index in [0.717, 1.165) is 41.5 Å². The number of aliphatic carboxylic acids is 1. The van der Waals surface area contributed by atoms with Crippen molar-refractivity contribution in [1.82, 2.24) is 10.6 Å². The predicted molar refractivity (Wildman–Crippen MR) is 122 cm³/mol. The van der Waals surface area contributed by atoms with Gasteiger partial charge in [0.1, 0.15) is 12.6 Å². The highest BCUT2D eigenvalue weighted by atomic mass is 16.5. The zero-order chi connectivity index (χ0) is 23.0. The smallest absolute Gasteiger partial charge is 0.407 e. The molecule has 5 rings (SSSR count). The molecule has 0 aromatic heterocycles. The number of carboxylic acids is 1. The van der Waals surface area contributed by atoms with Gasteiger partial charge < -0.3 is 20.5 Å². The van der Waals surface area contributed by atoms with Crippen molar-refractivity contribution in [2.45, 2.75) is 56.0 Å². The Morgan fingerprint density at radius 2 is 1.61 bits per heavy atom. The van der Waals surface area contributed by atoms with Crippen LogP contribution in [0.1, 0.15) is 55.6 Å². The highest BCUT2D eigenvalue weighted by Crippen LogP contribution is 2.44. The molecule has 172 valence electrons. The first kappa shape index (κ1) is 21.5. The quantitative estimate of drug-likeness (QED) is 0.570. The molecule has 2 fully saturated rings. The maximum Gasteiger partial charge on any atom is 0.407 e. The number of hydrogen-bond acceptors (Lipinski definition) is 4. The summed E-state index contributed by atoms with van der Waals surface area (Å²) in [5, 5.41) is 14.9. The lowest BCUT2D eigenvalue weighted by atomic mass is 9.79. The van der Waals surface area contributed by atoms with Gasteiger partial charge in [0.05, 0.1) is 5.54 Å². The fourth-order valence-electron chi connectivity index (χ4n) is 5.03.